The van der Waals surface area contributed by atoms with Crippen molar-refractivity contribution < 1.29 is 13.9 Å². The van der Waals surface area contributed by atoms with E-state index in [1.54, 1.807) is 0 Å². The van der Waals surface area contributed by atoms with Crippen molar-refractivity contribution >= 4 is 28.1 Å². The third-order valence-corrected chi connectivity index (χ3v) is 9.45. The van der Waals surface area contributed by atoms with Crippen molar-refractivity contribution in [1.29, 1.82) is 0 Å². The first-order chi connectivity index (χ1) is 18.1. The second-order valence-electron chi connectivity index (χ2n) is 11.2. The molecule has 7 rings (SSSR count). The van der Waals surface area contributed by atoms with Crippen molar-refractivity contribution in [2.75, 3.05) is 56.7 Å². The molecule has 1 aromatic heterocycles. The number of nitrogens with zero attached hydrogens (tertiary/aromatic N) is 2. The molecule has 2 N–H and O–H groups in total. The quantitative estimate of drug-likeness (QED) is 0.525. The number of hydrogen-bond acceptors (Lipinski definition) is 5. The number of benzene rings is 2. The van der Waals surface area contributed by atoms with Crippen molar-refractivity contribution in [2.24, 2.45) is 0 Å². The Balaban J connectivity index is 1.31. The lowest BCUT2D eigenvalue weighted by atomic mass is 9.64. The molecule has 0 bridgehead atoms. The van der Waals surface area contributed by atoms with Gasteiger partial charge < -0.3 is 24.8 Å². The van der Waals surface area contributed by atoms with E-state index in [0.29, 0.717) is 36.1 Å². The molecule has 0 unspecified atom stereocenters. The molecule has 0 atom stereocenters. The molecule has 2 aromatic carbocycles. The smallest absolute Gasteiger partial charge is 0.195 e. The normalized spacial score (nSPS) is 22.0. The van der Waals surface area contributed by atoms with E-state index in [0.717, 1.165) is 66.6 Å². The highest BCUT2D eigenvalue weighted by atomic mass is 19.1. The van der Waals surface area contributed by atoms with Crippen LogP contribution in [-0.4, -0.2) is 68.1 Å². The fourth-order valence-electron chi connectivity index (χ4n) is 7.42. The van der Waals surface area contributed by atoms with E-state index in [4.69, 9.17) is 4.74 Å². The third kappa shape index (κ3) is 3.54. The number of halogens is 1. The number of anilines is 2. The molecule has 0 saturated carbocycles. The van der Waals surface area contributed by atoms with Gasteiger partial charge in [-0.15, -0.1) is 0 Å². The Hall–Kier alpha value is -2.90. The minimum atomic E-state index is -0.383. The summed E-state index contributed by atoms with van der Waals surface area (Å²) in [7, 11) is 1.89. The summed E-state index contributed by atoms with van der Waals surface area (Å²) >= 11 is 0. The van der Waals surface area contributed by atoms with Crippen molar-refractivity contribution in [3.8, 4) is 0 Å². The SMILES string of the molecule is CNc1ccc2c3c([nH]c2c1)C1(CCOCC1)c1cc(N2CCC(N4CCCC4)CC2)c(F)cc1C3=O. The van der Waals surface area contributed by atoms with Gasteiger partial charge in [0.1, 0.15) is 5.82 Å². The van der Waals surface area contributed by atoms with Gasteiger partial charge in [0.05, 0.1) is 11.3 Å². The minimum Gasteiger partial charge on any atom is -0.388 e. The van der Waals surface area contributed by atoms with Crippen LogP contribution in [0.4, 0.5) is 15.8 Å². The molecule has 3 aliphatic heterocycles. The Morgan fingerprint density at radius 1 is 1.05 bits per heavy atom. The largest absolute Gasteiger partial charge is 0.388 e. The summed E-state index contributed by atoms with van der Waals surface area (Å²) in [4.78, 5) is 22.4. The summed E-state index contributed by atoms with van der Waals surface area (Å²) in [6.45, 7) is 5.35. The van der Waals surface area contributed by atoms with E-state index < -0.39 is 0 Å². The van der Waals surface area contributed by atoms with E-state index in [1.165, 1.54) is 32.0 Å². The molecule has 3 fully saturated rings. The molecule has 3 aromatic rings. The zero-order valence-corrected chi connectivity index (χ0v) is 21.5. The van der Waals surface area contributed by atoms with Gasteiger partial charge in [0.2, 0.25) is 0 Å². The summed E-state index contributed by atoms with van der Waals surface area (Å²) in [6.07, 6.45) is 6.27. The standard InChI is InChI=1S/C30H35FN4O2/c1-32-19-4-5-21-25(16-19)33-29-27(21)28(36)22-17-24(31)26(18-23(22)30(29)8-14-37-15-9-30)35-12-6-20(7-13-35)34-10-2-3-11-34/h4-5,16-18,20,32-33H,2-3,6-15H2,1H3. The van der Waals surface area contributed by atoms with E-state index in [-0.39, 0.29) is 17.0 Å². The number of hydrogen-bond donors (Lipinski definition) is 2. The minimum absolute atomic E-state index is 0.0798. The molecule has 194 valence electrons. The number of ether oxygens (including phenoxy) is 1. The number of carbonyl (C=O) groups excluding carboxylic acids is 1. The number of carbonyl (C=O) groups is 1. The van der Waals surface area contributed by atoms with Gasteiger partial charge in [0.15, 0.2) is 5.78 Å². The Labute approximate surface area is 217 Å². The first-order valence-electron chi connectivity index (χ1n) is 13.9. The summed E-state index contributed by atoms with van der Waals surface area (Å²) in [5, 5.41) is 4.09. The van der Waals surface area contributed by atoms with Crippen LogP contribution in [0.25, 0.3) is 10.9 Å². The average Bonchev–Trinajstić information content (AvgIpc) is 3.61. The Morgan fingerprint density at radius 3 is 2.54 bits per heavy atom. The first-order valence-corrected chi connectivity index (χ1v) is 13.9. The molecule has 6 nitrogen and oxygen atoms in total. The lowest BCUT2D eigenvalue weighted by Crippen LogP contribution is -2.44. The number of aromatic nitrogens is 1. The first kappa shape index (κ1) is 23.2. The van der Waals surface area contributed by atoms with Gasteiger partial charge in [-0.25, -0.2) is 4.39 Å². The monoisotopic (exact) mass is 502 g/mol. The average molecular weight is 503 g/mol. The molecule has 4 aliphatic rings. The number of rotatable bonds is 3. The van der Waals surface area contributed by atoms with Crippen LogP contribution in [0.15, 0.2) is 30.3 Å². The number of ketones is 1. The summed E-state index contributed by atoms with van der Waals surface area (Å²) in [6, 6.07) is 10.2. The maximum atomic E-state index is 15.8. The fourth-order valence-corrected chi connectivity index (χ4v) is 7.42. The number of nitrogens with one attached hydrogen (secondary N) is 2. The number of piperidine rings is 1. The molecular formula is C30H35FN4O2. The van der Waals surface area contributed by atoms with Gasteiger partial charge in [0.25, 0.3) is 0 Å². The highest BCUT2D eigenvalue weighted by molar-refractivity contribution is 6.20. The lowest BCUT2D eigenvalue weighted by molar-refractivity contribution is 0.0601. The lowest BCUT2D eigenvalue weighted by Gasteiger charge is -2.43. The summed E-state index contributed by atoms with van der Waals surface area (Å²) < 4.78 is 21.6. The Kier molecular flexibility index (Phi) is 5.55. The van der Waals surface area contributed by atoms with Crippen LogP contribution >= 0.6 is 0 Å². The fraction of sp³-hybridized carbons (Fsp3) is 0.500. The number of likely N-dealkylation sites (tertiary alicyclic amines) is 1. The molecule has 1 spiro atoms. The maximum absolute atomic E-state index is 15.8. The molecule has 3 saturated heterocycles. The van der Waals surface area contributed by atoms with Crippen LogP contribution in [0.2, 0.25) is 0 Å². The second kappa shape index (κ2) is 8.84. The molecule has 0 radical (unpaired) electrons. The number of aromatic amines is 1. The van der Waals surface area contributed by atoms with E-state index in [9.17, 15) is 4.79 Å². The molecule has 1 aliphatic carbocycles. The van der Waals surface area contributed by atoms with Gasteiger partial charge >= 0.3 is 0 Å². The molecule has 4 heterocycles. The zero-order chi connectivity index (χ0) is 25.1. The van der Waals surface area contributed by atoms with Gasteiger partial charge in [-0.3, -0.25) is 4.79 Å². The van der Waals surface area contributed by atoms with Crippen LogP contribution in [0.3, 0.4) is 0 Å². The van der Waals surface area contributed by atoms with Crippen molar-refractivity contribution in [1.82, 2.24) is 9.88 Å². The van der Waals surface area contributed by atoms with Crippen LogP contribution in [0.5, 0.6) is 0 Å². The Morgan fingerprint density at radius 2 is 1.81 bits per heavy atom. The zero-order valence-electron chi connectivity index (χ0n) is 21.5. The van der Waals surface area contributed by atoms with Crippen LogP contribution in [0.1, 0.15) is 65.7 Å². The van der Waals surface area contributed by atoms with Gasteiger partial charge in [0, 0.05) is 72.7 Å². The van der Waals surface area contributed by atoms with E-state index in [1.807, 2.05) is 25.2 Å². The Bertz CT molecular complexity index is 1360. The second-order valence-corrected chi connectivity index (χ2v) is 11.2. The molecule has 7 heteroatoms. The van der Waals surface area contributed by atoms with Gasteiger partial charge in [-0.05, 0) is 81.4 Å². The summed E-state index contributed by atoms with van der Waals surface area (Å²) in [5.41, 5.74) is 5.34. The summed E-state index contributed by atoms with van der Waals surface area (Å²) in [5.74, 6) is -0.363. The van der Waals surface area contributed by atoms with Crippen LogP contribution in [-0.2, 0) is 10.2 Å². The molecular weight excluding hydrogens is 467 g/mol. The van der Waals surface area contributed by atoms with Crippen molar-refractivity contribution in [3.63, 3.8) is 0 Å². The van der Waals surface area contributed by atoms with Crippen LogP contribution < -0.4 is 10.2 Å². The number of H-pyrrole nitrogens is 1. The van der Waals surface area contributed by atoms with Crippen molar-refractivity contribution in [3.05, 3.63) is 58.5 Å². The topological polar surface area (TPSA) is 60.6 Å². The highest BCUT2D eigenvalue weighted by Crippen LogP contribution is 2.50. The van der Waals surface area contributed by atoms with Crippen molar-refractivity contribution in [2.45, 2.75) is 50.0 Å². The van der Waals surface area contributed by atoms with E-state index in [2.05, 4.69) is 26.2 Å². The molecule has 37 heavy (non-hydrogen) atoms. The number of fused-ring (bicyclic) bond motifs is 6. The van der Waals surface area contributed by atoms with Gasteiger partial charge in [-0.2, -0.15) is 0 Å². The van der Waals surface area contributed by atoms with Gasteiger partial charge in [-0.1, -0.05) is 6.07 Å². The van der Waals surface area contributed by atoms with E-state index >= 15 is 4.39 Å². The third-order valence-electron chi connectivity index (χ3n) is 9.45. The van der Waals surface area contributed by atoms with Crippen LogP contribution in [0, 0.1) is 5.82 Å². The predicted octanol–water partition coefficient (Wildman–Crippen LogP) is 5.05. The highest BCUT2D eigenvalue weighted by Gasteiger charge is 2.47. The predicted molar refractivity (Wildman–Crippen MR) is 145 cm³/mol. The molecule has 0 amide bonds. The maximum Gasteiger partial charge on any atom is 0.195 e.